The summed E-state index contributed by atoms with van der Waals surface area (Å²) in [6, 6.07) is 7.64. The van der Waals surface area contributed by atoms with Crippen molar-refractivity contribution >= 4 is 17.5 Å². The van der Waals surface area contributed by atoms with E-state index in [4.69, 9.17) is 11.6 Å². The molecule has 1 N–H and O–H groups in total. The Balaban J connectivity index is 2.08. The number of likely N-dealkylation sites (N-methyl/N-ethyl adjacent to an activating group) is 1. The molecule has 0 bridgehead atoms. The van der Waals surface area contributed by atoms with Crippen molar-refractivity contribution in [2.45, 2.75) is 51.0 Å². The fourth-order valence-corrected chi connectivity index (χ4v) is 3.81. The van der Waals surface area contributed by atoms with Crippen molar-refractivity contribution in [3.8, 4) is 0 Å². The van der Waals surface area contributed by atoms with Gasteiger partial charge >= 0.3 is 0 Å². The number of carbonyl (C=O) groups is 1. The zero-order valence-corrected chi connectivity index (χ0v) is 15.5. The minimum Gasteiger partial charge on any atom is -0.354 e. The molecule has 1 amide bonds. The lowest BCUT2D eigenvalue weighted by atomic mass is 9.87. The molecule has 1 aliphatic rings. The lowest BCUT2D eigenvalue weighted by Crippen LogP contribution is -2.51. The van der Waals surface area contributed by atoms with Crippen molar-refractivity contribution < 1.29 is 4.79 Å². The van der Waals surface area contributed by atoms with Crippen molar-refractivity contribution in [1.82, 2.24) is 10.2 Å². The van der Waals surface area contributed by atoms with Gasteiger partial charge in [0.15, 0.2) is 0 Å². The summed E-state index contributed by atoms with van der Waals surface area (Å²) in [5, 5.41) is 3.93. The highest BCUT2D eigenvalue weighted by atomic mass is 35.5. The molecule has 0 heterocycles. The van der Waals surface area contributed by atoms with Crippen molar-refractivity contribution in [1.29, 1.82) is 0 Å². The van der Waals surface area contributed by atoms with Crippen LogP contribution in [-0.2, 0) is 4.79 Å². The van der Waals surface area contributed by atoms with E-state index in [1.165, 1.54) is 12.8 Å². The summed E-state index contributed by atoms with van der Waals surface area (Å²) in [4.78, 5) is 15.1. The van der Waals surface area contributed by atoms with Crippen molar-refractivity contribution in [3.05, 3.63) is 34.9 Å². The van der Waals surface area contributed by atoms with Crippen LogP contribution in [0.5, 0.6) is 0 Å². The molecule has 1 aliphatic carbocycles. The molecule has 128 valence electrons. The van der Waals surface area contributed by atoms with E-state index in [1.54, 1.807) is 0 Å². The van der Waals surface area contributed by atoms with E-state index in [2.05, 4.69) is 38.2 Å². The first kappa shape index (κ1) is 18.3. The molecular formula is C19H29ClN2O. The van der Waals surface area contributed by atoms with Gasteiger partial charge in [0.25, 0.3) is 0 Å². The fraction of sp³-hybridized carbons (Fsp3) is 0.632. The predicted molar refractivity (Wildman–Crippen MR) is 96.9 cm³/mol. The van der Waals surface area contributed by atoms with Crippen LogP contribution in [0.25, 0.3) is 0 Å². The lowest BCUT2D eigenvalue weighted by molar-refractivity contribution is -0.124. The monoisotopic (exact) mass is 336 g/mol. The van der Waals surface area contributed by atoms with Gasteiger partial charge in [-0.15, -0.1) is 0 Å². The molecule has 1 fully saturated rings. The molecule has 0 aliphatic heterocycles. The maximum absolute atomic E-state index is 12.8. The Hall–Kier alpha value is -1.06. The Morgan fingerprint density at radius 3 is 2.26 bits per heavy atom. The van der Waals surface area contributed by atoms with Gasteiger partial charge in [-0.3, -0.25) is 4.79 Å². The van der Waals surface area contributed by atoms with Crippen molar-refractivity contribution in [3.63, 3.8) is 0 Å². The Bertz CT molecular complexity index is 519. The summed E-state index contributed by atoms with van der Waals surface area (Å²) in [6.45, 7) is 4.92. The molecule has 0 radical (unpaired) electrons. The maximum atomic E-state index is 12.8. The third-order valence-corrected chi connectivity index (χ3v) is 5.50. The number of nitrogens with zero attached hydrogens (tertiary/aromatic N) is 1. The molecule has 1 atom stereocenters. The number of amides is 1. The average molecular weight is 337 g/mol. The summed E-state index contributed by atoms with van der Waals surface area (Å²) >= 11 is 5.97. The van der Waals surface area contributed by atoms with Crippen molar-refractivity contribution in [2.24, 2.45) is 5.92 Å². The zero-order valence-electron chi connectivity index (χ0n) is 14.7. The van der Waals surface area contributed by atoms with E-state index in [1.807, 2.05) is 24.3 Å². The molecule has 0 spiro atoms. The van der Waals surface area contributed by atoms with Gasteiger partial charge in [0.05, 0.1) is 5.92 Å². The second-order valence-electron chi connectivity index (χ2n) is 7.32. The summed E-state index contributed by atoms with van der Waals surface area (Å²) in [5.41, 5.74) is 1.16. The van der Waals surface area contributed by atoms with E-state index in [0.29, 0.717) is 5.02 Å². The number of hydrogen-bond donors (Lipinski definition) is 1. The van der Waals surface area contributed by atoms with Gasteiger partial charge in [-0.25, -0.2) is 0 Å². The molecule has 1 aromatic carbocycles. The molecule has 3 nitrogen and oxygen atoms in total. The highest BCUT2D eigenvalue weighted by molar-refractivity contribution is 6.30. The molecule has 1 aromatic rings. The third kappa shape index (κ3) is 4.27. The SMILES string of the molecule is CC(C)C(C(=O)NCC1(N(C)C)CCCC1)c1ccc(Cl)cc1. The van der Waals surface area contributed by atoms with Gasteiger partial charge in [0.2, 0.25) is 5.91 Å². The van der Waals surface area contributed by atoms with Gasteiger partial charge in [-0.1, -0.05) is 50.4 Å². The van der Waals surface area contributed by atoms with Crippen LogP contribution in [0.2, 0.25) is 5.02 Å². The summed E-state index contributed by atoms with van der Waals surface area (Å²) in [6.07, 6.45) is 4.82. The van der Waals surface area contributed by atoms with Crippen LogP contribution in [0.4, 0.5) is 0 Å². The van der Waals surface area contributed by atoms with Crippen LogP contribution < -0.4 is 5.32 Å². The van der Waals surface area contributed by atoms with E-state index in [-0.39, 0.29) is 23.3 Å². The molecule has 1 unspecified atom stereocenters. The molecular weight excluding hydrogens is 308 g/mol. The van der Waals surface area contributed by atoms with Gasteiger partial charge in [0.1, 0.15) is 0 Å². The Morgan fingerprint density at radius 1 is 1.22 bits per heavy atom. The largest absolute Gasteiger partial charge is 0.354 e. The highest BCUT2D eigenvalue weighted by Gasteiger charge is 2.37. The first-order valence-electron chi connectivity index (χ1n) is 8.56. The van der Waals surface area contributed by atoms with Crippen molar-refractivity contribution in [2.75, 3.05) is 20.6 Å². The standard InChI is InChI=1S/C19H29ClN2O/c1-14(2)17(15-7-9-16(20)10-8-15)18(23)21-13-19(22(3)4)11-5-6-12-19/h7-10,14,17H,5-6,11-13H2,1-4H3,(H,21,23). The Morgan fingerprint density at radius 2 is 1.78 bits per heavy atom. The van der Waals surface area contributed by atoms with Crippen LogP contribution in [0.1, 0.15) is 51.0 Å². The van der Waals surface area contributed by atoms with Gasteiger partial charge in [-0.2, -0.15) is 0 Å². The van der Waals surface area contributed by atoms with E-state index in [9.17, 15) is 4.79 Å². The van der Waals surface area contributed by atoms with E-state index in [0.717, 1.165) is 24.9 Å². The Labute approximate surface area is 145 Å². The van der Waals surface area contributed by atoms with Crippen LogP contribution in [0.15, 0.2) is 24.3 Å². The molecule has 2 rings (SSSR count). The van der Waals surface area contributed by atoms with E-state index < -0.39 is 0 Å². The molecule has 4 heteroatoms. The average Bonchev–Trinajstić information content (AvgIpc) is 2.97. The summed E-state index contributed by atoms with van der Waals surface area (Å²) in [7, 11) is 4.24. The van der Waals surface area contributed by atoms with Crippen LogP contribution in [0, 0.1) is 5.92 Å². The number of rotatable bonds is 6. The van der Waals surface area contributed by atoms with Gasteiger partial charge in [0, 0.05) is 17.1 Å². The van der Waals surface area contributed by atoms with E-state index >= 15 is 0 Å². The first-order chi connectivity index (χ1) is 10.9. The third-order valence-electron chi connectivity index (χ3n) is 5.25. The van der Waals surface area contributed by atoms with Crippen LogP contribution in [0.3, 0.4) is 0 Å². The molecule has 1 saturated carbocycles. The van der Waals surface area contributed by atoms with Gasteiger partial charge < -0.3 is 10.2 Å². The van der Waals surface area contributed by atoms with Crippen LogP contribution >= 0.6 is 11.6 Å². The number of nitrogens with one attached hydrogen (secondary N) is 1. The number of halogens is 1. The smallest absolute Gasteiger partial charge is 0.227 e. The van der Waals surface area contributed by atoms with Gasteiger partial charge in [-0.05, 0) is 50.6 Å². The second-order valence-corrected chi connectivity index (χ2v) is 7.75. The normalized spacial score (nSPS) is 18.4. The first-order valence-corrected chi connectivity index (χ1v) is 8.94. The minimum atomic E-state index is -0.132. The minimum absolute atomic E-state index is 0.121. The summed E-state index contributed by atoms with van der Waals surface area (Å²) < 4.78 is 0. The zero-order chi connectivity index (χ0) is 17.0. The fourth-order valence-electron chi connectivity index (χ4n) is 3.69. The summed E-state index contributed by atoms with van der Waals surface area (Å²) in [5.74, 6) is 0.235. The Kier molecular flexibility index (Phi) is 6.10. The highest BCUT2D eigenvalue weighted by Crippen LogP contribution is 2.33. The molecule has 0 saturated heterocycles. The quantitative estimate of drug-likeness (QED) is 0.849. The molecule has 23 heavy (non-hydrogen) atoms. The number of carbonyl (C=O) groups excluding carboxylic acids is 1. The topological polar surface area (TPSA) is 32.3 Å². The van der Waals surface area contributed by atoms with Crippen LogP contribution in [-0.4, -0.2) is 37.0 Å². The number of benzene rings is 1. The predicted octanol–water partition coefficient (Wildman–Crippen LogP) is 4.07. The second kappa shape index (κ2) is 7.67. The maximum Gasteiger partial charge on any atom is 0.227 e. The molecule has 0 aromatic heterocycles. The number of hydrogen-bond acceptors (Lipinski definition) is 2. The lowest BCUT2D eigenvalue weighted by Gasteiger charge is -2.37.